The number of fused-ring (bicyclic) bond motifs is 5. The number of benzene rings is 1. The second-order valence-corrected chi connectivity index (χ2v) is 8.49. The normalized spacial score (nSPS) is 38.3. The van der Waals surface area contributed by atoms with Crippen LogP contribution < -0.4 is 4.90 Å². The zero-order valence-corrected chi connectivity index (χ0v) is 15.0. The molecular formula is C16H13Br2NO4. The van der Waals surface area contributed by atoms with Crippen LogP contribution >= 0.6 is 31.9 Å². The summed E-state index contributed by atoms with van der Waals surface area (Å²) in [6.45, 7) is 0. The maximum atomic E-state index is 12.8. The number of imide groups is 1. The maximum absolute atomic E-state index is 12.8. The van der Waals surface area contributed by atoms with Crippen LogP contribution in [0.5, 0.6) is 0 Å². The Hall–Kier alpha value is -1.21. The van der Waals surface area contributed by atoms with Crippen LogP contribution in [0.1, 0.15) is 16.8 Å². The van der Waals surface area contributed by atoms with Gasteiger partial charge in [0.1, 0.15) is 0 Å². The van der Waals surface area contributed by atoms with Gasteiger partial charge in [0, 0.05) is 9.65 Å². The number of halogens is 2. The van der Waals surface area contributed by atoms with E-state index in [-0.39, 0.29) is 50.7 Å². The molecule has 2 bridgehead atoms. The number of alkyl halides is 2. The SMILES string of the molecule is O=C(O)c1cccc(N2C(=O)[C@H]3[C@@H]4C[C@@H]([C@H](Br)[C@@H]4Br)[C@@H]3C2=O)c1. The van der Waals surface area contributed by atoms with Gasteiger partial charge in [-0.05, 0) is 36.5 Å². The van der Waals surface area contributed by atoms with E-state index in [1.54, 1.807) is 12.1 Å². The third kappa shape index (κ3) is 1.99. The first-order valence-electron chi connectivity index (χ1n) is 7.41. The van der Waals surface area contributed by atoms with Crippen molar-refractivity contribution in [2.75, 3.05) is 4.90 Å². The molecular weight excluding hydrogens is 430 g/mol. The van der Waals surface area contributed by atoms with Crippen molar-refractivity contribution in [3.05, 3.63) is 29.8 Å². The van der Waals surface area contributed by atoms with Gasteiger partial charge in [0.2, 0.25) is 11.8 Å². The predicted molar refractivity (Wildman–Crippen MR) is 89.9 cm³/mol. The summed E-state index contributed by atoms with van der Waals surface area (Å²) in [6.07, 6.45) is 0.877. The molecule has 3 fully saturated rings. The first kappa shape index (κ1) is 15.3. The summed E-state index contributed by atoms with van der Waals surface area (Å²) in [6, 6.07) is 6.01. The second kappa shape index (κ2) is 5.14. The van der Waals surface area contributed by atoms with Gasteiger partial charge in [-0.3, -0.25) is 14.5 Å². The largest absolute Gasteiger partial charge is 0.478 e. The van der Waals surface area contributed by atoms with Gasteiger partial charge in [-0.25, -0.2) is 4.79 Å². The minimum Gasteiger partial charge on any atom is -0.478 e. The highest BCUT2D eigenvalue weighted by Gasteiger charge is 2.66. The van der Waals surface area contributed by atoms with E-state index in [1.165, 1.54) is 17.0 Å². The van der Waals surface area contributed by atoms with Crippen molar-refractivity contribution in [3.63, 3.8) is 0 Å². The van der Waals surface area contributed by atoms with Crippen LogP contribution in [0.4, 0.5) is 5.69 Å². The molecule has 120 valence electrons. The summed E-state index contributed by atoms with van der Waals surface area (Å²) in [7, 11) is 0. The molecule has 6 atom stereocenters. The average Bonchev–Trinajstić information content (AvgIpc) is 3.12. The number of anilines is 1. The lowest BCUT2D eigenvalue weighted by molar-refractivity contribution is -0.123. The van der Waals surface area contributed by atoms with Gasteiger partial charge in [-0.1, -0.05) is 37.9 Å². The fraction of sp³-hybridized carbons (Fsp3) is 0.438. The monoisotopic (exact) mass is 441 g/mol. The van der Waals surface area contributed by atoms with E-state index in [0.29, 0.717) is 5.69 Å². The van der Waals surface area contributed by atoms with Crippen LogP contribution in [0.15, 0.2) is 24.3 Å². The molecule has 1 aromatic rings. The number of hydrogen-bond acceptors (Lipinski definition) is 3. The number of carboxylic acid groups (broad SMARTS) is 1. The number of aromatic carboxylic acids is 1. The summed E-state index contributed by atoms with van der Waals surface area (Å²) >= 11 is 7.29. The van der Waals surface area contributed by atoms with Crippen molar-refractivity contribution in [2.24, 2.45) is 23.7 Å². The highest BCUT2D eigenvalue weighted by molar-refractivity contribution is 9.12. The number of nitrogens with zero attached hydrogens (tertiary/aromatic N) is 1. The first-order chi connectivity index (χ1) is 10.9. The number of carbonyl (C=O) groups is 3. The molecule has 2 amide bonds. The van der Waals surface area contributed by atoms with Gasteiger partial charge in [0.25, 0.3) is 0 Å². The van der Waals surface area contributed by atoms with Crippen LogP contribution in [0.2, 0.25) is 0 Å². The number of amides is 2. The summed E-state index contributed by atoms with van der Waals surface area (Å²) in [4.78, 5) is 38.4. The molecule has 1 aromatic carbocycles. The fourth-order valence-corrected chi connectivity index (χ4v) is 6.25. The first-order valence-corrected chi connectivity index (χ1v) is 9.24. The molecule has 23 heavy (non-hydrogen) atoms. The zero-order chi connectivity index (χ0) is 16.5. The molecule has 1 heterocycles. The Balaban J connectivity index is 1.73. The van der Waals surface area contributed by atoms with Crippen LogP contribution in [0.25, 0.3) is 0 Å². The maximum Gasteiger partial charge on any atom is 0.335 e. The number of hydrogen-bond donors (Lipinski definition) is 1. The standard InChI is InChI=1S/C16H13Br2NO4/c17-12-8-5-9(13(12)18)11-10(8)14(20)19(15(11)21)7-3-1-2-6(4-7)16(22)23/h1-4,8-13H,5H2,(H,22,23)/t8-,9+,10-,11-,12+,13-/m0/s1. The molecule has 5 nitrogen and oxygen atoms in total. The van der Waals surface area contributed by atoms with Gasteiger partial charge >= 0.3 is 5.97 Å². The lowest BCUT2D eigenvalue weighted by Gasteiger charge is -2.28. The summed E-state index contributed by atoms with van der Waals surface area (Å²) in [5, 5.41) is 9.11. The zero-order valence-electron chi connectivity index (χ0n) is 11.9. The van der Waals surface area contributed by atoms with Crippen molar-refractivity contribution >= 4 is 55.3 Å². The van der Waals surface area contributed by atoms with Crippen molar-refractivity contribution in [2.45, 2.75) is 16.1 Å². The quantitative estimate of drug-likeness (QED) is 0.564. The summed E-state index contributed by atoms with van der Waals surface area (Å²) in [5.41, 5.74) is 0.422. The lowest BCUT2D eigenvalue weighted by Crippen LogP contribution is -2.37. The summed E-state index contributed by atoms with van der Waals surface area (Å²) in [5.74, 6) is -1.75. The van der Waals surface area contributed by atoms with Crippen molar-refractivity contribution in [3.8, 4) is 0 Å². The highest BCUT2D eigenvalue weighted by Crippen LogP contribution is 2.60. The van der Waals surface area contributed by atoms with Gasteiger partial charge in [-0.15, -0.1) is 0 Å². The molecule has 7 heteroatoms. The minimum atomic E-state index is -1.08. The predicted octanol–water partition coefficient (Wildman–Crippen LogP) is 2.67. The van der Waals surface area contributed by atoms with Crippen molar-refractivity contribution in [1.29, 1.82) is 0 Å². The molecule has 1 saturated heterocycles. The van der Waals surface area contributed by atoms with Gasteiger partial charge in [-0.2, -0.15) is 0 Å². The molecule has 2 saturated carbocycles. The van der Waals surface area contributed by atoms with E-state index < -0.39 is 5.97 Å². The molecule has 0 aromatic heterocycles. The highest BCUT2D eigenvalue weighted by atomic mass is 79.9. The van der Waals surface area contributed by atoms with Crippen LogP contribution in [0, 0.1) is 23.7 Å². The van der Waals surface area contributed by atoms with Gasteiger partial charge in [0.15, 0.2) is 0 Å². The molecule has 2 aliphatic carbocycles. The molecule has 0 spiro atoms. The smallest absolute Gasteiger partial charge is 0.335 e. The average molecular weight is 443 g/mol. The van der Waals surface area contributed by atoms with Crippen molar-refractivity contribution < 1.29 is 19.5 Å². The number of rotatable bonds is 2. The van der Waals surface area contributed by atoms with E-state index in [2.05, 4.69) is 31.9 Å². The summed E-state index contributed by atoms with van der Waals surface area (Å²) < 4.78 is 0. The van der Waals surface area contributed by atoms with E-state index in [9.17, 15) is 14.4 Å². The van der Waals surface area contributed by atoms with Gasteiger partial charge < -0.3 is 5.11 Å². The molecule has 1 aliphatic heterocycles. The Morgan fingerprint density at radius 1 is 1.09 bits per heavy atom. The molecule has 4 rings (SSSR count). The Morgan fingerprint density at radius 3 is 2.17 bits per heavy atom. The Kier molecular flexibility index (Phi) is 3.43. The van der Waals surface area contributed by atoms with E-state index in [4.69, 9.17) is 5.11 Å². The van der Waals surface area contributed by atoms with Gasteiger partial charge in [0.05, 0.1) is 23.1 Å². The second-order valence-electron chi connectivity index (χ2n) is 6.37. The topological polar surface area (TPSA) is 74.7 Å². The Bertz CT molecular complexity index is 705. The molecule has 3 aliphatic rings. The van der Waals surface area contributed by atoms with E-state index in [1.807, 2.05) is 0 Å². The van der Waals surface area contributed by atoms with Crippen molar-refractivity contribution in [1.82, 2.24) is 0 Å². The van der Waals surface area contributed by atoms with Crippen LogP contribution in [0.3, 0.4) is 0 Å². The third-order valence-corrected chi connectivity index (χ3v) is 8.55. The molecule has 0 radical (unpaired) electrons. The lowest BCUT2D eigenvalue weighted by atomic mass is 9.81. The number of carbonyl (C=O) groups excluding carboxylic acids is 2. The third-order valence-electron chi connectivity index (χ3n) is 5.34. The Labute approximate surface area is 149 Å². The van der Waals surface area contributed by atoms with E-state index >= 15 is 0 Å². The number of carboxylic acids is 1. The van der Waals surface area contributed by atoms with Crippen LogP contribution in [-0.4, -0.2) is 32.5 Å². The molecule has 1 N–H and O–H groups in total. The minimum absolute atomic E-state index is 0.0693. The fourth-order valence-electron chi connectivity index (χ4n) is 4.38. The van der Waals surface area contributed by atoms with E-state index in [0.717, 1.165) is 6.42 Å². The molecule has 0 unspecified atom stereocenters. The Morgan fingerprint density at radius 2 is 1.65 bits per heavy atom. The van der Waals surface area contributed by atoms with Crippen LogP contribution in [-0.2, 0) is 9.59 Å².